The van der Waals surface area contributed by atoms with Crippen LogP contribution in [0.3, 0.4) is 0 Å². The molecule has 0 bridgehead atoms. The van der Waals surface area contributed by atoms with Crippen molar-refractivity contribution in [2.24, 2.45) is 5.73 Å². The molecule has 0 atom stereocenters. The zero-order valence-corrected chi connectivity index (χ0v) is 12.0. The van der Waals surface area contributed by atoms with Crippen molar-refractivity contribution in [2.75, 3.05) is 5.32 Å². The first-order valence-corrected chi connectivity index (χ1v) is 7.50. The van der Waals surface area contributed by atoms with Crippen molar-refractivity contribution >= 4 is 52.1 Å². The van der Waals surface area contributed by atoms with E-state index in [0.29, 0.717) is 12.1 Å². The maximum atomic E-state index is 12.4. The van der Waals surface area contributed by atoms with Gasteiger partial charge in [-0.15, -0.1) is 0 Å². The molecule has 0 unspecified atom stereocenters. The fraction of sp³-hybridized carbons (Fsp3) is 0. The fourth-order valence-electron chi connectivity index (χ4n) is 0.970. The normalized spacial score (nSPS) is 15.9. The summed E-state index contributed by atoms with van der Waals surface area (Å²) in [7, 11) is -9.63. The van der Waals surface area contributed by atoms with Crippen LogP contribution < -0.4 is 11.1 Å². The van der Waals surface area contributed by atoms with E-state index in [9.17, 15) is 19.4 Å². The summed E-state index contributed by atoms with van der Waals surface area (Å²) >= 11 is 5.13. The topological polar surface area (TPSA) is 38.0 Å². The molecule has 0 heterocycles. The van der Waals surface area contributed by atoms with Crippen LogP contribution in [0.15, 0.2) is 27.6 Å². The second kappa shape index (κ2) is 3.59. The Morgan fingerprint density at radius 2 is 1.76 bits per heavy atom. The maximum absolute atomic E-state index is 12.4. The third-order valence-corrected chi connectivity index (χ3v) is 3.66. The Morgan fingerprint density at radius 3 is 2.12 bits per heavy atom. The van der Waals surface area contributed by atoms with Crippen LogP contribution in [0.2, 0.25) is 0 Å². The summed E-state index contributed by atoms with van der Waals surface area (Å²) in [5.41, 5.74) is 5.38. The van der Waals surface area contributed by atoms with Gasteiger partial charge in [-0.2, -0.15) is 0 Å². The SMILES string of the molecule is NC(=[Se])Nc1ccc(S(F)(F)(F)(F)F)cc1Br. The van der Waals surface area contributed by atoms with Crippen molar-refractivity contribution in [3.63, 3.8) is 0 Å². The van der Waals surface area contributed by atoms with Crippen LogP contribution in [0, 0.1) is 0 Å². The van der Waals surface area contributed by atoms with Crippen LogP contribution in [0.25, 0.3) is 0 Å². The molecule has 0 aliphatic heterocycles. The Hall–Kier alpha value is -0.311. The van der Waals surface area contributed by atoms with E-state index < -0.39 is 15.1 Å². The van der Waals surface area contributed by atoms with Gasteiger partial charge in [-0.05, 0) is 0 Å². The van der Waals surface area contributed by atoms with Gasteiger partial charge in [0.15, 0.2) is 0 Å². The van der Waals surface area contributed by atoms with Crippen LogP contribution in [0.5, 0.6) is 0 Å². The molecule has 17 heavy (non-hydrogen) atoms. The van der Waals surface area contributed by atoms with Gasteiger partial charge in [0.2, 0.25) is 0 Å². The summed E-state index contributed by atoms with van der Waals surface area (Å²) in [6.45, 7) is 0. The molecule has 2 nitrogen and oxygen atoms in total. The molecule has 3 N–H and O–H groups in total. The van der Waals surface area contributed by atoms with Crippen LogP contribution in [0.1, 0.15) is 0 Å². The minimum atomic E-state index is -9.63. The van der Waals surface area contributed by atoms with Crippen molar-refractivity contribution in [1.82, 2.24) is 0 Å². The Balaban J connectivity index is 3.28. The quantitative estimate of drug-likeness (QED) is 0.596. The molecule has 0 aromatic heterocycles. The Morgan fingerprint density at radius 1 is 1.24 bits per heavy atom. The molecule has 0 radical (unpaired) electrons. The van der Waals surface area contributed by atoms with E-state index in [1.165, 1.54) is 0 Å². The first kappa shape index (κ1) is 14.7. The molecular weight excluding hydrogens is 398 g/mol. The monoisotopic (exact) mass is 404 g/mol. The van der Waals surface area contributed by atoms with Gasteiger partial charge in [-0.25, -0.2) is 0 Å². The second-order valence-corrected chi connectivity index (χ2v) is 7.29. The number of anilines is 1. The minimum absolute atomic E-state index is 0.103. The molecule has 1 aromatic carbocycles. The number of nitrogens with one attached hydrogen (secondary N) is 1. The van der Waals surface area contributed by atoms with Gasteiger partial charge in [-0.3, -0.25) is 0 Å². The summed E-state index contributed by atoms with van der Waals surface area (Å²) in [5, 5.41) is 2.47. The molecule has 0 fully saturated rings. The number of halogens is 6. The zero-order valence-electron chi connectivity index (χ0n) is 7.89. The van der Waals surface area contributed by atoms with E-state index >= 15 is 0 Å². The molecule has 10 heteroatoms. The Kier molecular flexibility index (Phi) is 3.12. The molecule has 0 amide bonds. The molecule has 0 aliphatic carbocycles. The molecule has 0 aliphatic rings. The van der Waals surface area contributed by atoms with E-state index in [1.807, 2.05) is 0 Å². The van der Waals surface area contributed by atoms with Crippen molar-refractivity contribution in [3.05, 3.63) is 22.7 Å². The summed E-state index contributed by atoms with van der Waals surface area (Å²) in [4.78, 5) is -1.96. The predicted molar refractivity (Wildman–Crippen MR) is 64.1 cm³/mol. The molecule has 98 valence electrons. The van der Waals surface area contributed by atoms with Gasteiger partial charge >= 0.3 is 110 Å². The van der Waals surface area contributed by atoms with Crippen molar-refractivity contribution in [2.45, 2.75) is 4.90 Å². The molecule has 1 rings (SSSR count). The molecule has 0 spiro atoms. The first-order valence-electron chi connectivity index (χ1n) is 3.90. The van der Waals surface area contributed by atoms with E-state index in [0.717, 1.165) is 6.07 Å². The number of benzene rings is 1. The molecule has 1 aromatic rings. The Bertz CT molecular complexity index is 488. The summed E-state index contributed by atoms with van der Waals surface area (Å²) in [5.74, 6) is 0. The zero-order chi connectivity index (χ0) is 13.5. The molecular formula is C7H6BrF5N2SSe. The van der Waals surface area contributed by atoms with Crippen LogP contribution in [-0.2, 0) is 0 Å². The number of rotatable bonds is 3. The van der Waals surface area contributed by atoms with Crippen LogP contribution in [-0.4, -0.2) is 20.2 Å². The number of hydrogen-bond donors (Lipinski definition) is 2. The summed E-state index contributed by atoms with van der Waals surface area (Å²) < 4.78 is 62.2. The number of hydrogen-bond acceptors (Lipinski definition) is 2. The van der Waals surface area contributed by atoms with Crippen molar-refractivity contribution in [3.8, 4) is 0 Å². The average Bonchev–Trinajstić information content (AvgIpc) is 2.03. The fourth-order valence-corrected chi connectivity index (χ4v) is 2.50. The standard InChI is InChI=1S/C7H6BrF5N2SSe/c8-5-3-4(16(9,10,11,12)13)1-2-6(5)15-7(14)17/h1-3H,(H3,14,15,17). The van der Waals surface area contributed by atoms with Gasteiger partial charge in [-0.1, -0.05) is 0 Å². The average molecular weight is 404 g/mol. The predicted octanol–water partition coefficient (Wildman–Crippen LogP) is 3.73. The van der Waals surface area contributed by atoms with E-state index in [1.54, 1.807) is 0 Å². The van der Waals surface area contributed by atoms with Gasteiger partial charge in [0.05, 0.1) is 0 Å². The van der Waals surface area contributed by atoms with Crippen molar-refractivity contribution < 1.29 is 19.4 Å². The van der Waals surface area contributed by atoms with Crippen LogP contribution in [0.4, 0.5) is 25.1 Å². The van der Waals surface area contributed by atoms with Gasteiger partial charge < -0.3 is 0 Å². The van der Waals surface area contributed by atoms with Gasteiger partial charge in [0.25, 0.3) is 0 Å². The van der Waals surface area contributed by atoms with E-state index in [2.05, 4.69) is 36.8 Å². The summed E-state index contributed by atoms with van der Waals surface area (Å²) in [6, 6.07) is 1.48. The van der Waals surface area contributed by atoms with Crippen molar-refractivity contribution in [1.29, 1.82) is 0 Å². The third kappa shape index (κ3) is 4.13. The van der Waals surface area contributed by atoms with Gasteiger partial charge in [0.1, 0.15) is 0 Å². The third-order valence-electron chi connectivity index (χ3n) is 1.64. The second-order valence-electron chi connectivity index (χ2n) is 3.10. The van der Waals surface area contributed by atoms with Gasteiger partial charge in [0, 0.05) is 0 Å². The number of nitrogens with two attached hydrogens (primary N) is 1. The Labute approximate surface area is 110 Å². The first-order chi connectivity index (χ1) is 7.29. The molecule has 0 saturated carbocycles. The van der Waals surface area contributed by atoms with E-state index in [-0.39, 0.29) is 14.8 Å². The molecule has 0 saturated heterocycles. The van der Waals surface area contributed by atoms with E-state index in [4.69, 9.17) is 5.73 Å². The summed E-state index contributed by atoms with van der Waals surface area (Å²) in [6.07, 6.45) is 0. The van der Waals surface area contributed by atoms with Crippen LogP contribution >= 0.6 is 26.2 Å².